The third-order valence-corrected chi connectivity index (χ3v) is 5.79. The number of rotatable bonds is 4. The number of hydrogen-bond donors (Lipinski definition) is 1. The maximum absolute atomic E-state index is 13.0. The van der Waals surface area contributed by atoms with Gasteiger partial charge in [-0.15, -0.1) is 0 Å². The predicted molar refractivity (Wildman–Crippen MR) is 103 cm³/mol. The second-order valence-corrected chi connectivity index (χ2v) is 7.41. The molecule has 0 bridgehead atoms. The Hall–Kier alpha value is -2.62. The lowest BCUT2D eigenvalue weighted by molar-refractivity contribution is -0.124. The van der Waals surface area contributed by atoms with Gasteiger partial charge < -0.3 is 10.2 Å². The normalized spacial score (nSPS) is 18.5. The number of nitrogens with one attached hydrogen (secondary N) is 1. The van der Waals surface area contributed by atoms with E-state index in [1.165, 1.54) is 0 Å². The fraction of sp³-hybridized carbons (Fsp3) is 0.364. The van der Waals surface area contributed by atoms with E-state index < -0.39 is 5.41 Å². The number of amides is 2. The Bertz CT molecular complexity index is 840. The molecule has 1 saturated heterocycles. The van der Waals surface area contributed by atoms with Crippen LogP contribution in [0.1, 0.15) is 43.2 Å². The molecule has 0 aromatic heterocycles. The topological polar surface area (TPSA) is 49.4 Å². The number of carbonyl (C=O) groups excluding carboxylic acids is 2. The molecule has 0 unspecified atom stereocenters. The Morgan fingerprint density at radius 1 is 1.08 bits per heavy atom. The summed E-state index contributed by atoms with van der Waals surface area (Å²) in [5.74, 6) is 0.252. The van der Waals surface area contributed by atoms with Crippen LogP contribution >= 0.6 is 0 Å². The quantitative estimate of drug-likeness (QED) is 0.901. The second kappa shape index (κ2) is 6.60. The van der Waals surface area contributed by atoms with Gasteiger partial charge in [0.25, 0.3) is 0 Å². The van der Waals surface area contributed by atoms with Gasteiger partial charge in [-0.1, -0.05) is 36.8 Å². The van der Waals surface area contributed by atoms with Crippen LogP contribution in [0.2, 0.25) is 0 Å². The molecule has 2 aliphatic rings. The van der Waals surface area contributed by atoms with Crippen LogP contribution in [-0.4, -0.2) is 18.4 Å². The van der Waals surface area contributed by atoms with Crippen molar-refractivity contribution in [2.75, 3.05) is 16.8 Å². The molecule has 1 aliphatic carbocycles. The van der Waals surface area contributed by atoms with Crippen molar-refractivity contribution >= 4 is 23.2 Å². The maximum atomic E-state index is 13.0. The SMILES string of the molecule is Cc1cc(NC(=O)C2(c3ccccc3)CCC2)ccc1N1CCCC1=O. The number of aryl methyl sites for hydroxylation is 1. The standard InChI is InChI=1S/C22H24N2O2/c1-16-15-18(10-11-19(16)24-14-5-9-20(24)25)23-21(26)22(12-6-13-22)17-7-3-2-4-8-17/h2-4,7-8,10-11,15H,5-6,9,12-14H2,1H3,(H,23,26). The fourth-order valence-electron chi connectivity index (χ4n) is 4.12. The van der Waals surface area contributed by atoms with Crippen molar-refractivity contribution in [1.82, 2.24) is 0 Å². The Morgan fingerprint density at radius 3 is 2.42 bits per heavy atom. The number of carbonyl (C=O) groups is 2. The van der Waals surface area contributed by atoms with Gasteiger partial charge in [0.2, 0.25) is 11.8 Å². The summed E-state index contributed by atoms with van der Waals surface area (Å²) in [4.78, 5) is 26.9. The molecule has 2 fully saturated rings. The smallest absolute Gasteiger partial charge is 0.235 e. The molecule has 134 valence electrons. The minimum absolute atomic E-state index is 0.0688. The van der Waals surface area contributed by atoms with Gasteiger partial charge in [-0.3, -0.25) is 9.59 Å². The molecule has 4 nitrogen and oxygen atoms in total. The fourth-order valence-corrected chi connectivity index (χ4v) is 4.12. The Labute approximate surface area is 154 Å². The van der Waals surface area contributed by atoms with E-state index in [-0.39, 0.29) is 11.8 Å². The minimum Gasteiger partial charge on any atom is -0.325 e. The van der Waals surface area contributed by atoms with Crippen molar-refractivity contribution < 1.29 is 9.59 Å². The van der Waals surface area contributed by atoms with Crippen molar-refractivity contribution in [2.24, 2.45) is 0 Å². The van der Waals surface area contributed by atoms with E-state index in [0.29, 0.717) is 6.42 Å². The first-order valence-corrected chi connectivity index (χ1v) is 9.38. The molecule has 2 aromatic carbocycles. The van der Waals surface area contributed by atoms with Crippen LogP contribution in [-0.2, 0) is 15.0 Å². The van der Waals surface area contributed by atoms with Gasteiger partial charge in [-0.2, -0.15) is 0 Å². The number of anilines is 2. The highest BCUT2D eigenvalue weighted by molar-refractivity contribution is 6.01. The van der Waals surface area contributed by atoms with Crippen molar-refractivity contribution in [3.8, 4) is 0 Å². The van der Waals surface area contributed by atoms with Gasteiger partial charge in [0.15, 0.2) is 0 Å². The predicted octanol–water partition coefficient (Wildman–Crippen LogP) is 4.18. The molecule has 0 radical (unpaired) electrons. The summed E-state index contributed by atoms with van der Waals surface area (Å²) in [6.07, 6.45) is 4.40. The highest BCUT2D eigenvalue weighted by Crippen LogP contribution is 2.44. The molecule has 2 aromatic rings. The summed E-state index contributed by atoms with van der Waals surface area (Å²) in [6, 6.07) is 15.9. The average molecular weight is 348 g/mol. The Kier molecular flexibility index (Phi) is 4.27. The molecule has 0 spiro atoms. The van der Waals surface area contributed by atoms with Gasteiger partial charge in [-0.25, -0.2) is 0 Å². The summed E-state index contributed by atoms with van der Waals surface area (Å²) >= 11 is 0. The molecule has 0 atom stereocenters. The van der Waals surface area contributed by atoms with Crippen LogP contribution in [0, 0.1) is 6.92 Å². The van der Waals surface area contributed by atoms with Crippen LogP contribution in [0.25, 0.3) is 0 Å². The van der Waals surface area contributed by atoms with Crippen LogP contribution in [0.4, 0.5) is 11.4 Å². The lowest BCUT2D eigenvalue weighted by Crippen LogP contribution is -2.46. The molecule has 1 aliphatic heterocycles. The summed E-state index contributed by atoms with van der Waals surface area (Å²) in [5, 5.41) is 3.11. The molecule has 1 N–H and O–H groups in total. The maximum Gasteiger partial charge on any atom is 0.235 e. The van der Waals surface area contributed by atoms with Crippen LogP contribution in [0.5, 0.6) is 0 Å². The zero-order chi connectivity index (χ0) is 18.1. The minimum atomic E-state index is -0.404. The largest absolute Gasteiger partial charge is 0.325 e. The van der Waals surface area contributed by atoms with E-state index in [2.05, 4.69) is 5.32 Å². The molecular formula is C22H24N2O2. The molecule has 4 heteroatoms. The van der Waals surface area contributed by atoms with Crippen molar-refractivity contribution in [2.45, 2.75) is 44.4 Å². The van der Waals surface area contributed by atoms with Crippen molar-refractivity contribution in [3.63, 3.8) is 0 Å². The van der Waals surface area contributed by atoms with E-state index in [9.17, 15) is 9.59 Å². The monoisotopic (exact) mass is 348 g/mol. The number of hydrogen-bond acceptors (Lipinski definition) is 2. The van der Waals surface area contributed by atoms with Crippen LogP contribution in [0.3, 0.4) is 0 Å². The van der Waals surface area contributed by atoms with Crippen LogP contribution in [0.15, 0.2) is 48.5 Å². The van der Waals surface area contributed by atoms with E-state index in [0.717, 1.165) is 54.7 Å². The molecule has 1 saturated carbocycles. The van der Waals surface area contributed by atoms with Crippen molar-refractivity contribution in [3.05, 3.63) is 59.7 Å². The lowest BCUT2D eigenvalue weighted by Gasteiger charge is -2.40. The third kappa shape index (κ3) is 2.79. The molecule has 26 heavy (non-hydrogen) atoms. The highest BCUT2D eigenvalue weighted by atomic mass is 16.2. The third-order valence-electron chi connectivity index (χ3n) is 5.79. The summed E-state index contributed by atoms with van der Waals surface area (Å²) in [5.41, 5.74) is 3.45. The van der Waals surface area contributed by atoms with Gasteiger partial charge in [0, 0.05) is 24.3 Å². The summed E-state index contributed by atoms with van der Waals surface area (Å²) in [6.45, 7) is 2.77. The first kappa shape index (κ1) is 16.8. The van der Waals surface area contributed by atoms with E-state index in [4.69, 9.17) is 0 Å². The van der Waals surface area contributed by atoms with Gasteiger partial charge in [0.1, 0.15) is 0 Å². The second-order valence-electron chi connectivity index (χ2n) is 7.41. The summed E-state index contributed by atoms with van der Waals surface area (Å²) in [7, 11) is 0. The zero-order valence-corrected chi connectivity index (χ0v) is 15.1. The van der Waals surface area contributed by atoms with Gasteiger partial charge >= 0.3 is 0 Å². The molecule has 4 rings (SSSR count). The lowest BCUT2D eigenvalue weighted by atomic mass is 9.64. The summed E-state index contributed by atoms with van der Waals surface area (Å²) < 4.78 is 0. The highest BCUT2D eigenvalue weighted by Gasteiger charge is 2.45. The molecule has 2 amide bonds. The Morgan fingerprint density at radius 2 is 1.85 bits per heavy atom. The number of nitrogens with zero attached hydrogens (tertiary/aromatic N) is 1. The van der Waals surface area contributed by atoms with Crippen LogP contribution < -0.4 is 10.2 Å². The zero-order valence-electron chi connectivity index (χ0n) is 15.1. The van der Waals surface area contributed by atoms with E-state index >= 15 is 0 Å². The number of benzene rings is 2. The first-order valence-electron chi connectivity index (χ1n) is 9.38. The molecular weight excluding hydrogens is 324 g/mol. The average Bonchev–Trinajstić information content (AvgIpc) is 3.01. The first-order chi connectivity index (χ1) is 12.6. The van der Waals surface area contributed by atoms with Crippen molar-refractivity contribution in [1.29, 1.82) is 0 Å². The van der Waals surface area contributed by atoms with E-state index in [1.807, 2.05) is 60.4 Å². The molecule has 1 heterocycles. The van der Waals surface area contributed by atoms with Gasteiger partial charge in [0.05, 0.1) is 5.41 Å². The Balaban J connectivity index is 1.54. The van der Waals surface area contributed by atoms with E-state index in [1.54, 1.807) is 0 Å². The van der Waals surface area contributed by atoms with Gasteiger partial charge in [-0.05, 0) is 55.5 Å².